The molecule has 0 bridgehead atoms. The standard InChI is InChI=1S/C66H115N9O13/c1-16-19-22-83-37-51(34-70-31-45(70)4)86-55(77)67-48-25-61(7,8)40-64(13,28-48)43-73-58(80)74(44-65(14)29-49(26-62(9,10)41-65)68-56(78)87-52(35-71-32-46(71)5)38-84-23-20-17-2)60(82)75(59(73)81)54(76)66(15)30-50(27-63(11,12)42-66)69-57(79)88-53(36-72-33-47(72)6)39-85-24-21-18-3/h45-53H,16-44H2,1-15H3,(H,67,77)(H,68,78)(H,69,79). The van der Waals surface area contributed by atoms with Crippen LogP contribution < -0.4 is 33.0 Å². The van der Waals surface area contributed by atoms with Crippen molar-refractivity contribution < 1.29 is 47.6 Å². The number of nitrogens with one attached hydrogen (secondary N) is 3. The van der Waals surface area contributed by atoms with Crippen molar-refractivity contribution in [3.05, 3.63) is 31.5 Å². The number of nitrogens with zero attached hydrogens (tertiary/aromatic N) is 6. The number of hydrogen-bond acceptors (Lipinski definition) is 16. The first-order valence-electron chi connectivity index (χ1n) is 33.6. The van der Waals surface area contributed by atoms with Crippen LogP contribution in [0.4, 0.5) is 14.4 Å². The molecule has 88 heavy (non-hydrogen) atoms. The van der Waals surface area contributed by atoms with Crippen LogP contribution in [0.1, 0.15) is 205 Å². The van der Waals surface area contributed by atoms with Gasteiger partial charge in [0.1, 0.15) is 18.3 Å². The van der Waals surface area contributed by atoms with E-state index in [1.165, 1.54) is 0 Å². The van der Waals surface area contributed by atoms with E-state index in [0.29, 0.717) is 107 Å². The molecule has 0 aromatic carbocycles. The maximum absolute atomic E-state index is 15.8. The van der Waals surface area contributed by atoms with Crippen molar-refractivity contribution in [1.82, 2.24) is 44.4 Å². The molecule has 3 aliphatic carbocycles. The average molecular weight is 1240 g/mol. The second-order valence-corrected chi connectivity index (χ2v) is 31.4. The highest BCUT2D eigenvalue weighted by molar-refractivity contribution is 5.84. The molecule has 3 amide bonds. The first kappa shape index (κ1) is 71.1. The molecular weight excluding hydrogens is 1130 g/mol. The van der Waals surface area contributed by atoms with E-state index in [1.807, 2.05) is 27.7 Å². The van der Waals surface area contributed by atoms with Crippen LogP contribution in [0, 0.1) is 32.5 Å². The van der Waals surface area contributed by atoms with Crippen molar-refractivity contribution in [1.29, 1.82) is 0 Å². The largest absolute Gasteiger partial charge is 0.442 e. The number of hydrogen-bond donors (Lipinski definition) is 3. The van der Waals surface area contributed by atoms with Crippen LogP contribution in [-0.4, -0.2) is 186 Å². The van der Waals surface area contributed by atoms with Crippen molar-refractivity contribution >= 4 is 24.2 Å². The van der Waals surface area contributed by atoms with E-state index in [1.54, 1.807) is 6.92 Å². The number of carbonyl (C=O) groups excluding carboxylic acids is 4. The summed E-state index contributed by atoms with van der Waals surface area (Å²) in [5.41, 5.74) is -7.27. The minimum absolute atomic E-state index is 0.0897. The molecule has 3 saturated carbocycles. The summed E-state index contributed by atoms with van der Waals surface area (Å²) in [5, 5.41) is 9.37. The van der Waals surface area contributed by atoms with E-state index in [-0.39, 0.29) is 45.8 Å². The highest BCUT2D eigenvalue weighted by atomic mass is 16.6. The van der Waals surface area contributed by atoms with Gasteiger partial charge in [-0.05, 0) is 125 Å². The number of amides is 3. The molecule has 6 fully saturated rings. The van der Waals surface area contributed by atoms with E-state index in [2.05, 4.69) is 99.9 Å². The maximum Gasteiger partial charge on any atom is 0.407 e. The molecule has 3 aliphatic heterocycles. The number of unbranched alkanes of at least 4 members (excludes halogenated alkanes) is 3. The quantitative estimate of drug-likeness (QED) is 0.0349. The highest BCUT2D eigenvalue weighted by Gasteiger charge is 2.50. The van der Waals surface area contributed by atoms with Crippen molar-refractivity contribution in [2.24, 2.45) is 32.5 Å². The van der Waals surface area contributed by atoms with Crippen LogP contribution in [0.25, 0.3) is 0 Å². The summed E-state index contributed by atoms with van der Waals surface area (Å²) in [6.45, 7) is 37.3. The van der Waals surface area contributed by atoms with Gasteiger partial charge in [0.05, 0.1) is 25.2 Å². The number of aromatic nitrogens is 3. The van der Waals surface area contributed by atoms with Crippen LogP contribution in [0.5, 0.6) is 0 Å². The summed E-state index contributed by atoms with van der Waals surface area (Å²) in [4.78, 5) is 111. The molecule has 3 saturated heterocycles. The summed E-state index contributed by atoms with van der Waals surface area (Å²) in [6.07, 6.45) is 6.25. The third-order valence-corrected chi connectivity index (χ3v) is 19.3. The normalized spacial score (nSPS) is 32.0. The molecule has 1 aromatic heterocycles. The lowest BCUT2D eigenvalue weighted by Gasteiger charge is -2.47. The minimum atomic E-state index is -1.38. The predicted molar refractivity (Wildman–Crippen MR) is 339 cm³/mol. The van der Waals surface area contributed by atoms with E-state index in [9.17, 15) is 14.4 Å². The molecule has 3 N–H and O–H groups in total. The topological polar surface area (TPSA) is 235 Å². The Morgan fingerprint density at radius 1 is 0.466 bits per heavy atom. The molecule has 4 heterocycles. The summed E-state index contributed by atoms with van der Waals surface area (Å²) in [5.74, 6) is -0.765. The summed E-state index contributed by atoms with van der Waals surface area (Å²) < 4.78 is 38.8. The van der Waals surface area contributed by atoms with Crippen LogP contribution in [0.2, 0.25) is 0 Å². The molecule has 22 heteroatoms. The van der Waals surface area contributed by atoms with E-state index in [0.717, 1.165) is 67.3 Å². The summed E-state index contributed by atoms with van der Waals surface area (Å²) >= 11 is 0. The third-order valence-electron chi connectivity index (χ3n) is 19.3. The predicted octanol–water partition coefficient (Wildman–Crippen LogP) is 8.41. The molecule has 22 nitrogen and oxygen atoms in total. The SMILES string of the molecule is CCCCOCC(CN1CC1C)OC(=O)NC1CC(C)(C)CC(C)(Cn2c(=O)n(CC3(C)CC(NC(=O)OC(COCCCC)CN4CC4C)CC(C)(C)C3)c(=O)n(C(=O)C3(C)CC(NC(=O)OC(COCCCC)CN4CC4C)CC(C)(C)C3)c2=O)C1. The summed E-state index contributed by atoms with van der Waals surface area (Å²) in [6, 6.07) is -0.203. The molecule has 502 valence electrons. The second-order valence-electron chi connectivity index (χ2n) is 31.4. The molecule has 15 unspecified atom stereocenters. The van der Waals surface area contributed by atoms with Crippen LogP contribution in [0.15, 0.2) is 14.4 Å². The van der Waals surface area contributed by atoms with Gasteiger partial charge >= 0.3 is 35.3 Å². The zero-order chi connectivity index (χ0) is 64.6. The first-order valence-corrected chi connectivity index (χ1v) is 33.6. The van der Waals surface area contributed by atoms with Gasteiger partial charge < -0.3 is 44.4 Å². The van der Waals surface area contributed by atoms with Gasteiger partial charge in [-0.15, -0.1) is 0 Å². The first-order chi connectivity index (χ1) is 41.3. The van der Waals surface area contributed by atoms with Gasteiger partial charge in [0.2, 0.25) is 5.91 Å². The lowest BCUT2D eigenvalue weighted by atomic mass is 9.62. The zero-order valence-corrected chi connectivity index (χ0v) is 56.7. The van der Waals surface area contributed by atoms with Gasteiger partial charge in [0.25, 0.3) is 0 Å². The fraction of sp³-hybridized carbons (Fsp3) is 0.894. The third kappa shape index (κ3) is 20.8. The fourth-order valence-electron chi connectivity index (χ4n) is 15.8. The molecule has 0 radical (unpaired) electrons. The molecule has 7 rings (SSSR count). The molecule has 1 aromatic rings. The Morgan fingerprint density at radius 2 is 0.773 bits per heavy atom. The lowest BCUT2D eigenvalue weighted by molar-refractivity contribution is 0.00515. The van der Waals surface area contributed by atoms with Crippen LogP contribution >= 0.6 is 0 Å². The van der Waals surface area contributed by atoms with E-state index < -0.39 is 110 Å². The van der Waals surface area contributed by atoms with Gasteiger partial charge in [0, 0.05) is 108 Å². The zero-order valence-electron chi connectivity index (χ0n) is 56.7. The molecule has 0 spiro atoms. The van der Waals surface area contributed by atoms with Gasteiger partial charge in [-0.1, -0.05) is 102 Å². The Hall–Kier alpha value is -4.35. The minimum Gasteiger partial charge on any atom is -0.442 e. The van der Waals surface area contributed by atoms with E-state index in [4.69, 9.17) is 28.4 Å². The van der Waals surface area contributed by atoms with Crippen molar-refractivity contribution in [2.75, 3.05) is 78.9 Å². The second kappa shape index (κ2) is 29.9. The fourth-order valence-corrected chi connectivity index (χ4v) is 15.8. The van der Waals surface area contributed by atoms with Crippen LogP contribution in [-0.2, 0) is 41.5 Å². The van der Waals surface area contributed by atoms with Crippen LogP contribution in [0.3, 0.4) is 0 Å². The maximum atomic E-state index is 15.8. The van der Waals surface area contributed by atoms with Crippen molar-refractivity contribution in [2.45, 2.75) is 268 Å². The van der Waals surface area contributed by atoms with Gasteiger partial charge in [-0.2, -0.15) is 4.57 Å². The molecule has 6 aliphatic rings. The van der Waals surface area contributed by atoms with E-state index >= 15 is 19.2 Å². The molecule has 15 atom stereocenters. The summed E-state index contributed by atoms with van der Waals surface area (Å²) in [7, 11) is 0. The Kier molecular flexibility index (Phi) is 24.2. The Balaban J connectivity index is 1.19. The number of carbonyl (C=O) groups is 4. The number of alkyl carbamates (subject to hydrolysis) is 3. The van der Waals surface area contributed by atoms with Gasteiger partial charge in [0.15, 0.2) is 0 Å². The van der Waals surface area contributed by atoms with Gasteiger partial charge in [-0.25, -0.2) is 37.9 Å². The molecular formula is C66H115N9O13. The average Bonchev–Trinajstić information content (AvgIpc) is 1.80. The Labute approximate surface area is 524 Å². The van der Waals surface area contributed by atoms with Crippen molar-refractivity contribution in [3.63, 3.8) is 0 Å². The monoisotopic (exact) mass is 1240 g/mol. The highest BCUT2D eigenvalue weighted by Crippen LogP contribution is 2.49. The Bertz CT molecular complexity index is 2580. The Morgan fingerprint density at radius 3 is 1.08 bits per heavy atom. The smallest absolute Gasteiger partial charge is 0.407 e. The van der Waals surface area contributed by atoms with Gasteiger partial charge in [-0.3, -0.25) is 19.5 Å². The number of rotatable bonds is 32. The number of ether oxygens (including phenoxy) is 6. The van der Waals surface area contributed by atoms with Crippen molar-refractivity contribution in [3.8, 4) is 0 Å². The lowest BCUT2D eigenvalue weighted by Crippen LogP contribution is -2.62.